The summed E-state index contributed by atoms with van der Waals surface area (Å²) in [7, 11) is 2.00. The lowest BCUT2D eigenvalue weighted by molar-refractivity contribution is -0.117. The minimum absolute atomic E-state index is 0.00944. The zero-order chi connectivity index (χ0) is 14.3. The molecule has 1 aliphatic rings. The fraction of sp³-hybridized carbons (Fsp3) is 0.375. The normalized spacial score (nSPS) is 17.4. The molecular weight excluding hydrogens is 250 g/mol. The number of imidazole rings is 1. The number of anilines is 1. The van der Waals surface area contributed by atoms with Gasteiger partial charge in [-0.25, -0.2) is 4.98 Å². The van der Waals surface area contributed by atoms with Crippen molar-refractivity contribution < 1.29 is 4.79 Å². The average Bonchev–Trinajstić information content (AvgIpc) is 2.98. The quantitative estimate of drug-likeness (QED) is 0.840. The highest BCUT2D eigenvalue weighted by Crippen LogP contribution is 2.39. The Hall–Kier alpha value is -2.10. The zero-order valence-corrected chi connectivity index (χ0v) is 12.1. The molecule has 0 fully saturated rings. The smallest absolute Gasteiger partial charge is 0.224 e. The lowest BCUT2D eigenvalue weighted by Crippen LogP contribution is -2.31. The highest BCUT2D eigenvalue weighted by Gasteiger charge is 2.35. The van der Waals surface area contributed by atoms with Gasteiger partial charge in [-0.2, -0.15) is 0 Å². The van der Waals surface area contributed by atoms with E-state index < -0.39 is 0 Å². The number of amides is 1. The first-order chi connectivity index (χ1) is 9.61. The van der Waals surface area contributed by atoms with Crippen LogP contribution in [0.1, 0.15) is 37.0 Å². The summed E-state index contributed by atoms with van der Waals surface area (Å²) in [6.45, 7) is 3.72. The first-order valence-corrected chi connectivity index (χ1v) is 7.01. The molecule has 2 aromatic rings. The van der Waals surface area contributed by atoms with E-state index in [0.29, 0.717) is 0 Å². The van der Waals surface area contributed by atoms with Crippen molar-refractivity contribution >= 4 is 11.6 Å². The maximum Gasteiger partial charge on any atom is 0.224 e. The van der Waals surface area contributed by atoms with Crippen LogP contribution in [-0.2, 0) is 24.7 Å². The molecule has 0 bridgehead atoms. The van der Waals surface area contributed by atoms with Gasteiger partial charge in [0.25, 0.3) is 0 Å². The van der Waals surface area contributed by atoms with Crippen molar-refractivity contribution in [1.82, 2.24) is 9.55 Å². The van der Waals surface area contributed by atoms with E-state index in [1.807, 2.05) is 34.7 Å². The summed E-state index contributed by atoms with van der Waals surface area (Å²) in [5.41, 5.74) is 3.31. The van der Waals surface area contributed by atoms with E-state index in [-0.39, 0.29) is 11.9 Å². The highest BCUT2D eigenvalue weighted by atomic mass is 16.2. The number of rotatable bonds is 2. The van der Waals surface area contributed by atoms with Gasteiger partial charge in [0.05, 0.1) is 11.7 Å². The van der Waals surface area contributed by atoms with Gasteiger partial charge < -0.3 is 9.47 Å². The van der Waals surface area contributed by atoms with E-state index >= 15 is 0 Å². The zero-order valence-electron chi connectivity index (χ0n) is 12.1. The topological polar surface area (TPSA) is 38.1 Å². The number of aromatic nitrogens is 2. The van der Waals surface area contributed by atoms with E-state index in [1.165, 1.54) is 5.56 Å². The maximum atomic E-state index is 12.1. The molecule has 1 aromatic heterocycles. The van der Waals surface area contributed by atoms with Crippen molar-refractivity contribution in [3.8, 4) is 0 Å². The SMILES string of the molecule is CCc1cn(C)c(C2Cc3ccccc3N2C(C)=O)n1. The van der Waals surface area contributed by atoms with E-state index in [1.54, 1.807) is 6.92 Å². The van der Waals surface area contributed by atoms with E-state index in [9.17, 15) is 4.79 Å². The molecule has 4 nitrogen and oxygen atoms in total. The molecule has 0 spiro atoms. The Balaban J connectivity index is 2.06. The number of para-hydroxylation sites is 1. The Kier molecular flexibility index (Phi) is 3.08. The average molecular weight is 269 g/mol. The van der Waals surface area contributed by atoms with Crippen LogP contribution in [0.3, 0.4) is 0 Å². The number of nitrogens with zero attached hydrogens (tertiary/aromatic N) is 3. The third-order valence-corrected chi connectivity index (χ3v) is 3.94. The van der Waals surface area contributed by atoms with Crippen LogP contribution in [-0.4, -0.2) is 15.5 Å². The standard InChI is InChI=1S/C16H19N3O/c1-4-13-10-18(3)16(17-13)15-9-12-7-5-6-8-14(12)19(15)11(2)20/h5-8,10,15H,4,9H2,1-3H3. The number of fused-ring (bicyclic) bond motifs is 1. The molecule has 1 aromatic carbocycles. The molecule has 0 saturated carbocycles. The molecule has 0 aliphatic carbocycles. The van der Waals surface area contributed by atoms with E-state index in [2.05, 4.69) is 19.2 Å². The van der Waals surface area contributed by atoms with Crippen LogP contribution in [0.2, 0.25) is 0 Å². The number of carbonyl (C=O) groups is 1. The van der Waals surface area contributed by atoms with E-state index in [0.717, 1.165) is 30.0 Å². The molecule has 4 heteroatoms. The summed E-state index contributed by atoms with van der Waals surface area (Å²) in [5.74, 6) is 1.04. The first-order valence-electron chi connectivity index (χ1n) is 7.01. The van der Waals surface area contributed by atoms with Gasteiger partial charge in [-0.05, 0) is 18.1 Å². The third kappa shape index (κ3) is 1.92. The Morgan fingerprint density at radius 1 is 1.40 bits per heavy atom. The van der Waals surface area contributed by atoms with Crippen LogP contribution >= 0.6 is 0 Å². The van der Waals surface area contributed by atoms with Gasteiger partial charge >= 0.3 is 0 Å². The Labute approximate surface area is 119 Å². The maximum absolute atomic E-state index is 12.1. The van der Waals surface area contributed by atoms with E-state index in [4.69, 9.17) is 4.98 Å². The second-order valence-electron chi connectivity index (χ2n) is 5.29. The van der Waals surface area contributed by atoms with Gasteiger partial charge in [0.2, 0.25) is 5.91 Å². The predicted molar refractivity (Wildman–Crippen MR) is 78.6 cm³/mol. The summed E-state index contributed by atoms with van der Waals surface area (Å²) in [6.07, 6.45) is 3.80. The van der Waals surface area contributed by atoms with Crippen molar-refractivity contribution in [2.45, 2.75) is 32.7 Å². The number of hydrogen-bond donors (Lipinski definition) is 0. The minimum Gasteiger partial charge on any atom is -0.336 e. The number of benzene rings is 1. The van der Waals surface area contributed by atoms with Crippen LogP contribution in [0.25, 0.3) is 0 Å². The van der Waals surface area contributed by atoms with Crippen molar-refractivity contribution in [2.24, 2.45) is 7.05 Å². The molecular formula is C16H19N3O. The second-order valence-corrected chi connectivity index (χ2v) is 5.29. The van der Waals surface area contributed by atoms with Crippen LogP contribution < -0.4 is 4.90 Å². The molecule has 2 heterocycles. The van der Waals surface area contributed by atoms with Crippen LogP contribution in [0.4, 0.5) is 5.69 Å². The van der Waals surface area contributed by atoms with Crippen LogP contribution in [0.15, 0.2) is 30.5 Å². The van der Waals surface area contributed by atoms with Crippen molar-refractivity contribution in [1.29, 1.82) is 0 Å². The first kappa shape index (κ1) is 12.9. The van der Waals surface area contributed by atoms with Gasteiger partial charge in [-0.3, -0.25) is 4.79 Å². The molecule has 3 rings (SSSR count). The van der Waals surface area contributed by atoms with Crippen molar-refractivity contribution in [3.63, 3.8) is 0 Å². The largest absolute Gasteiger partial charge is 0.336 e. The molecule has 0 radical (unpaired) electrons. The third-order valence-electron chi connectivity index (χ3n) is 3.94. The van der Waals surface area contributed by atoms with Gasteiger partial charge in [0.15, 0.2) is 0 Å². The number of carbonyl (C=O) groups excluding carboxylic acids is 1. The Morgan fingerprint density at radius 2 is 2.15 bits per heavy atom. The molecule has 1 atom stereocenters. The molecule has 0 N–H and O–H groups in total. The lowest BCUT2D eigenvalue weighted by atomic mass is 10.1. The molecule has 20 heavy (non-hydrogen) atoms. The summed E-state index contributed by atoms with van der Waals surface area (Å²) in [6, 6.07) is 8.12. The predicted octanol–water partition coefficient (Wildman–Crippen LogP) is 2.63. The molecule has 104 valence electrons. The Bertz CT molecular complexity index is 659. The Morgan fingerprint density at radius 3 is 2.80 bits per heavy atom. The van der Waals surface area contributed by atoms with Gasteiger partial charge in [0, 0.05) is 32.3 Å². The van der Waals surface area contributed by atoms with Gasteiger partial charge in [-0.1, -0.05) is 25.1 Å². The second kappa shape index (κ2) is 4.78. The molecule has 1 amide bonds. The van der Waals surface area contributed by atoms with Crippen LogP contribution in [0, 0.1) is 0 Å². The van der Waals surface area contributed by atoms with Crippen LogP contribution in [0.5, 0.6) is 0 Å². The number of aryl methyl sites for hydroxylation is 2. The summed E-state index contributed by atoms with van der Waals surface area (Å²) in [4.78, 5) is 18.6. The van der Waals surface area contributed by atoms with Gasteiger partial charge in [0.1, 0.15) is 5.82 Å². The molecule has 1 aliphatic heterocycles. The molecule has 0 saturated heterocycles. The fourth-order valence-electron chi connectivity index (χ4n) is 3.01. The van der Waals surface area contributed by atoms with Crippen molar-refractivity contribution in [3.05, 3.63) is 47.5 Å². The highest BCUT2D eigenvalue weighted by molar-refractivity contribution is 5.94. The van der Waals surface area contributed by atoms with Gasteiger partial charge in [-0.15, -0.1) is 0 Å². The minimum atomic E-state index is 0.00944. The summed E-state index contributed by atoms with van der Waals surface area (Å²) >= 11 is 0. The summed E-state index contributed by atoms with van der Waals surface area (Å²) in [5, 5.41) is 0. The lowest BCUT2D eigenvalue weighted by Gasteiger charge is -2.23. The van der Waals surface area contributed by atoms with Crippen molar-refractivity contribution in [2.75, 3.05) is 4.90 Å². The number of hydrogen-bond acceptors (Lipinski definition) is 2. The fourth-order valence-corrected chi connectivity index (χ4v) is 3.01. The summed E-state index contributed by atoms with van der Waals surface area (Å²) < 4.78 is 2.05. The molecule has 1 unspecified atom stereocenters. The monoisotopic (exact) mass is 269 g/mol.